The summed E-state index contributed by atoms with van der Waals surface area (Å²) in [6.07, 6.45) is 0. The van der Waals surface area contributed by atoms with Crippen LogP contribution < -0.4 is 15.4 Å². The lowest BCUT2D eigenvalue weighted by Crippen LogP contribution is -2.19. The maximum absolute atomic E-state index is 12.8. The fraction of sp³-hybridized carbons (Fsp3) is 0.125. The van der Waals surface area contributed by atoms with Crippen molar-refractivity contribution in [2.24, 2.45) is 0 Å². The van der Waals surface area contributed by atoms with Crippen molar-refractivity contribution >= 4 is 46.0 Å². The van der Waals surface area contributed by atoms with E-state index in [9.17, 15) is 9.59 Å². The van der Waals surface area contributed by atoms with E-state index in [1.54, 1.807) is 55.6 Å². The molecule has 0 bridgehead atoms. The summed E-state index contributed by atoms with van der Waals surface area (Å²) in [6, 6.07) is 19.9. The molecule has 1 heterocycles. The number of aromatic amines is 1. The normalized spacial score (nSPS) is 10.7. The Bertz CT molecular complexity index is 1270. The van der Waals surface area contributed by atoms with Crippen LogP contribution in [0.3, 0.4) is 0 Å². The largest absolute Gasteiger partial charge is 0.497 e. The Morgan fingerprint density at radius 3 is 2.59 bits per heavy atom. The molecule has 2 amide bonds. The minimum Gasteiger partial charge on any atom is -0.497 e. The predicted octanol–water partition coefficient (Wildman–Crippen LogP) is 4.86. The summed E-state index contributed by atoms with van der Waals surface area (Å²) in [5, 5.41) is 6.33. The quantitative estimate of drug-likeness (QED) is 0.352. The minimum atomic E-state index is -0.314. The maximum atomic E-state index is 12.8. The summed E-state index contributed by atoms with van der Waals surface area (Å²) in [5.74, 6) is 0.322. The number of nitrogens with zero attached hydrogens (tertiary/aromatic N) is 1. The van der Waals surface area contributed by atoms with Crippen molar-refractivity contribution in [2.45, 2.75) is 12.1 Å². The third kappa shape index (κ3) is 5.09. The van der Waals surface area contributed by atoms with Gasteiger partial charge in [-0.2, -0.15) is 0 Å². The fourth-order valence-corrected chi connectivity index (χ4v) is 3.84. The highest BCUT2D eigenvalue weighted by molar-refractivity contribution is 7.99. The first-order valence-electron chi connectivity index (χ1n) is 9.95. The predicted molar refractivity (Wildman–Crippen MR) is 128 cm³/mol. The van der Waals surface area contributed by atoms with Crippen LogP contribution in [0.2, 0.25) is 0 Å². The Morgan fingerprint density at radius 1 is 1.03 bits per heavy atom. The zero-order chi connectivity index (χ0) is 22.5. The van der Waals surface area contributed by atoms with Gasteiger partial charge < -0.3 is 20.4 Å². The Hall–Kier alpha value is -3.78. The van der Waals surface area contributed by atoms with Crippen LogP contribution in [0, 0.1) is 6.92 Å². The number of imidazole rings is 1. The number of benzene rings is 3. The number of carbonyl (C=O) groups excluding carboxylic acids is 2. The summed E-state index contributed by atoms with van der Waals surface area (Å²) in [5.41, 5.74) is 4.39. The average Bonchev–Trinajstić information content (AvgIpc) is 3.20. The molecule has 0 fully saturated rings. The van der Waals surface area contributed by atoms with Crippen LogP contribution in [0.4, 0.5) is 11.4 Å². The molecule has 0 aliphatic carbocycles. The standard InChI is InChI=1S/C24H22N4O3S/c1-15-7-12-20-21(13-15)28-24(27-20)32-14-22(29)26-19-6-4-3-5-18(19)23(30)25-16-8-10-17(31-2)11-9-16/h3-13H,14H2,1-2H3,(H,25,30)(H,26,29)(H,27,28). The number of para-hydroxylation sites is 1. The Morgan fingerprint density at radius 2 is 1.81 bits per heavy atom. The van der Waals surface area contributed by atoms with Crippen LogP contribution in [-0.2, 0) is 4.79 Å². The molecule has 4 rings (SSSR count). The number of anilines is 2. The number of rotatable bonds is 7. The molecular weight excluding hydrogens is 424 g/mol. The second-order valence-corrected chi connectivity index (χ2v) is 8.09. The molecule has 3 aromatic carbocycles. The van der Waals surface area contributed by atoms with Gasteiger partial charge in [0.25, 0.3) is 5.91 Å². The van der Waals surface area contributed by atoms with Gasteiger partial charge in [0.2, 0.25) is 5.91 Å². The number of carbonyl (C=O) groups is 2. The smallest absolute Gasteiger partial charge is 0.257 e. The van der Waals surface area contributed by atoms with Crippen molar-refractivity contribution < 1.29 is 14.3 Å². The Balaban J connectivity index is 1.40. The number of amides is 2. The molecule has 0 aliphatic rings. The number of hydrogen-bond donors (Lipinski definition) is 3. The molecule has 0 unspecified atom stereocenters. The van der Waals surface area contributed by atoms with E-state index in [2.05, 4.69) is 20.6 Å². The van der Waals surface area contributed by atoms with E-state index in [1.165, 1.54) is 11.8 Å². The summed E-state index contributed by atoms with van der Waals surface area (Å²) in [7, 11) is 1.58. The van der Waals surface area contributed by atoms with Gasteiger partial charge >= 0.3 is 0 Å². The number of ether oxygens (including phenoxy) is 1. The van der Waals surface area contributed by atoms with Crippen LogP contribution in [0.1, 0.15) is 15.9 Å². The van der Waals surface area contributed by atoms with E-state index < -0.39 is 0 Å². The highest BCUT2D eigenvalue weighted by Crippen LogP contribution is 2.22. The van der Waals surface area contributed by atoms with E-state index in [4.69, 9.17) is 4.74 Å². The molecule has 0 saturated carbocycles. The van der Waals surface area contributed by atoms with E-state index >= 15 is 0 Å². The van der Waals surface area contributed by atoms with Gasteiger partial charge in [-0.25, -0.2) is 4.98 Å². The molecule has 0 spiro atoms. The Labute approximate surface area is 189 Å². The van der Waals surface area contributed by atoms with E-state index in [1.807, 2.05) is 25.1 Å². The highest BCUT2D eigenvalue weighted by Gasteiger charge is 2.14. The minimum absolute atomic E-state index is 0.160. The van der Waals surface area contributed by atoms with Crippen LogP contribution in [0.15, 0.2) is 71.9 Å². The number of H-pyrrole nitrogens is 1. The van der Waals surface area contributed by atoms with Crippen molar-refractivity contribution in [3.8, 4) is 5.75 Å². The molecule has 162 valence electrons. The first kappa shape index (κ1) is 21.5. The summed E-state index contributed by atoms with van der Waals surface area (Å²) < 4.78 is 5.13. The molecule has 0 atom stereocenters. The molecule has 0 radical (unpaired) electrons. The van der Waals surface area contributed by atoms with E-state index in [0.29, 0.717) is 27.8 Å². The number of aromatic nitrogens is 2. The molecule has 0 aliphatic heterocycles. The van der Waals surface area contributed by atoms with Crippen molar-refractivity contribution in [1.29, 1.82) is 0 Å². The third-order valence-corrected chi connectivity index (χ3v) is 5.62. The van der Waals surface area contributed by atoms with Gasteiger partial charge in [0.15, 0.2) is 5.16 Å². The Kier molecular flexibility index (Phi) is 6.42. The maximum Gasteiger partial charge on any atom is 0.257 e. The second-order valence-electron chi connectivity index (χ2n) is 7.13. The van der Waals surface area contributed by atoms with Crippen molar-refractivity contribution in [3.63, 3.8) is 0 Å². The summed E-state index contributed by atoms with van der Waals surface area (Å²) >= 11 is 1.31. The van der Waals surface area contributed by atoms with E-state index in [0.717, 1.165) is 16.6 Å². The average molecular weight is 447 g/mol. The lowest BCUT2D eigenvalue weighted by Gasteiger charge is -2.11. The second kappa shape index (κ2) is 9.57. The zero-order valence-corrected chi connectivity index (χ0v) is 18.5. The molecule has 3 N–H and O–H groups in total. The lowest BCUT2D eigenvalue weighted by molar-refractivity contribution is -0.113. The van der Waals surface area contributed by atoms with E-state index in [-0.39, 0.29) is 17.6 Å². The number of methoxy groups -OCH3 is 1. The third-order valence-electron chi connectivity index (χ3n) is 4.75. The van der Waals surface area contributed by atoms with Gasteiger partial charge in [-0.05, 0) is 61.0 Å². The number of nitrogens with one attached hydrogen (secondary N) is 3. The van der Waals surface area contributed by atoms with Gasteiger partial charge in [-0.1, -0.05) is 30.0 Å². The zero-order valence-electron chi connectivity index (χ0n) is 17.6. The van der Waals surface area contributed by atoms with Crippen LogP contribution >= 0.6 is 11.8 Å². The van der Waals surface area contributed by atoms with Gasteiger partial charge in [0.1, 0.15) is 5.75 Å². The summed E-state index contributed by atoms with van der Waals surface area (Å²) in [4.78, 5) is 33.0. The van der Waals surface area contributed by atoms with Gasteiger partial charge in [0, 0.05) is 5.69 Å². The lowest BCUT2D eigenvalue weighted by atomic mass is 10.1. The molecule has 4 aromatic rings. The van der Waals surface area contributed by atoms with Crippen molar-refractivity contribution in [1.82, 2.24) is 9.97 Å². The molecule has 8 heteroatoms. The first-order valence-corrected chi connectivity index (χ1v) is 10.9. The van der Waals surface area contributed by atoms with Crippen LogP contribution in [-0.4, -0.2) is 34.6 Å². The summed E-state index contributed by atoms with van der Waals surface area (Å²) in [6.45, 7) is 2.02. The number of hydrogen-bond acceptors (Lipinski definition) is 5. The van der Waals surface area contributed by atoms with Crippen molar-refractivity contribution in [2.75, 3.05) is 23.5 Å². The van der Waals surface area contributed by atoms with Gasteiger partial charge in [-0.15, -0.1) is 0 Å². The topological polar surface area (TPSA) is 96.1 Å². The molecule has 1 aromatic heterocycles. The molecule has 7 nitrogen and oxygen atoms in total. The monoisotopic (exact) mass is 446 g/mol. The molecule has 32 heavy (non-hydrogen) atoms. The number of aryl methyl sites for hydroxylation is 1. The highest BCUT2D eigenvalue weighted by atomic mass is 32.2. The number of thioether (sulfide) groups is 1. The fourth-order valence-electron chi connectivity index (χ4n) is 3.15. The van der Waals surface area contributed by atoms with Gasteiger partial charge in [-0.3, -0.25) is 9.59 Å². The SMILES string of the molecule is COc1ccc(NC(=O)c2ccccc2NC(=O)CSc2nc3ccc(C)cc3[nH]2)cc1. The molecular formula is C24H22N4O3S. The van der Waals surface area contributed by atoms with Crippen LogP contribution in [0.25, 0.3) is 11.0 Å². The molecule has 0 saturated heterocycles. The number of fused-ring (bicyclic) bond motifs is 1. The van der Waals surface area contributed by atoms with Gasteiger partial charge in [0.05, 0.1) is 35.1 Å². The first-order chi connectivity index (χ1) is 15.5. The van der Waals surface area contributed by atoms with Crippen LogP contribution in [0.5, 0.6) is 5.75 Å². The van der Waals surface area contributed by atoms with Crippen molar-refractivity contribution in [3.05, 3.63) is 77.9 Å².